The molecule has 0 amide bonds. The monoisotopic (exact) mass is 406 g/mol. The second kappa shape index (κ2) is 6.31. The maximum absolute atomic E-state index is 2.46. The summed E-state index contributed by atoms with van der Waals surface area (Å²) in [5, 5.41) is 16.1. The third-order valence-electron chi connectivity index (χ3n) is 7.41. The molecule has 7 aromatic carbocycles. The van der Waals surface area contributed by atoms with Gasteiger partial charge in [0.1, 0.15) is 0 Å². The molecule has 32 heavy (non-hydrogen) atoms. The van der Waals surface area contributed by atoms with Crippen molar-refractivity contribution < 1.29 is 0 Å². The highest BCUT2D eigenvalue weighted by molar-refractivity contribution is 6.33. The maximum Gasteiger partial charge on any atom is -0.00201 e. The largest absolute Gasteiger partial charge is 0.0616 e. The summed E-state index contributed by atoms with van der Waals surface area (Å²) < 4.78 is 0. The van der Waals surface area contributed by atoms with Gasteiger partial charge in [-0.3, -0.25) is 0 Å². The number of rotatable bonds is 0. The SMILES string of the molecule is Cc1c2ccccc2c(C)c2cc3c(cc12)c1ccccc1c1ccc2ccccc2c13. The normalized spacial score (nSPS) is 12.1. The molecule has 7 aromatic rings. The lowest BCUT2D eigenvalue weighted by atomic mass is 9.86. The number of hydrogen-bond acceptors (Lipinski definition) is 0. The quantitative estimate of drug-likeness (QED) is 0.174. The van der Waals surface area contributed by atoms with Crippen LogP contribution in [0.15, 0.2) is 97.1 Å². The van der Waals surface area contributed by atoms with Crippen LogP contribution in [0.5, 0.6) is 0 Å². The van der Waals surface area contributed by atoms with E-state index in [1.807, 2.05) is 0 Å². The van der Waals surface area contributed by atoms with E-state index in [1.54, 1.807) is 0 Å². The van der Waals surface area contributed by atoms with Crippen LogP contribution in [0.1, 0.15) is 11.1 Å². The van der Waals surface area contributed by atoms with Gasteiger partial charge < -0.3 is 0 Å². The van der Waals surface area contributed by atoms with Gasteiger partial charge in [-0.1, -0.05) is 84.9 Å². The summed E-state index contributed by atoms with van der Waals surface area (Å²) in [7, 11) is 0. The Morgan fingerprint density at radius 3 is 1.50 bits per heavy atom. The zero-order valence-electron chi connectivity index (χ0n) is 18.2. The van der Waals surface area contributed by atoms with E-state index in [0.29, 0.717) is 0 Å². The van der Waals surface area contributed by atoms with Crippen molar-refractivity contribution in [2.75, 3.05) is 0 Å². The van der Waals surface area contributed by atoms with Crippen LogP contribution >= 0.6 is 0 Å². The zero-order chi connectivity index (χ0) is 21.4. The summed E-state index contributed by atoms with van der Waals surface area (Å²) in [6.07, 6.45) is 0. The van der Waals surface area contributed by atoms with Crippen molar-refractivity contribution in [2.24, 2.45) is 0 Å². The summed E-state index contributed by atoms with van der Waals surface area (Å²) in [4.78, 5) is 0. The van der Waals surface area contributed by atoms with Crippen molar-refractivity contribution in [3.05, 3.63) is 108 Å². The minimum Gasteiger partial charge on any atom is -0.0616 e. The van der Waals surface area contributed by atoms with E-state index in [-0.39, 0.29) is 0 Å². The van der Waals surface area contributed by atoms with Crippen molar-refractivity contribution in [1.82, 2.24) is 0 Å². The Morgan fingerprint density at radius 2 is 0.844 bits per heavy atom. The summed E-state index contributed by atoms with van der Waals surface area (Å²) in [5.74, 6) is 0. The van der Waals surface area contributed by atoms with Crippen LogP contribution in [0, 0.1) is 13.8 Å². The highest BCUT2D eigenvalue weighted by Crippen LogP contribution is 2.42. The Balaban J connectivity index is 1.84. The second-order valence-electron chi connectivity index (χ2n) is 8.99. The van der Waals surface area contributed by atoms with E-state index in [9.17, 15) is 0 Å². The van der Waals surface area contributed by atoms with E-state index in [4.69, 9.17) is 0 Å². The average Bonchev–Trinajstić information content (AvgIpc) is 2.86. The molecule has 0 aliphatic heterocycles. The maximum atomic E-state index is 2.46. The average molecular weight is 407 g/mol. The highest BCUT2D eigenvalue weighted by atomic mass is 14.2. The molecule has 0 heteroatoms. The molecule has 0 heterocycles. The third kappa shape index (κ3) is 2.22. The van der Waals surface area contributed by atoms with Crippen molar-refractivity contribution in [1.29, 1.82) is 0 Å². The Kier molecular flexibility index (Phi) is 3.50. The summed E-state index contributed by atoms with van der Waals surface area (Å²) in [5.41, 5.74) is 2.73. The van der Waals surface area contributed by atoms with Crippen molar-refractivity contribution >= 4 is 64.6 Å². The first-order chi connectivity index (χ1) is 15.7. The summed E-state index contributed by atoms with van der Waals surface area (Å²) in [6.45, 7) is 4.55. The molecule has 0 aliphatic carbocycles. The number of hydrogen-bond donors (Lipinski definition) is 0. The van der Waals surface area contributed by atoms with E-state index in [0.717, 1.165) is 0 Å². The molecule has 0 nitrogen and oxygen atoms in total. The first-order valence-corrected chi connectivity index (χ1v) is 11.3. The van der Waals surface area contributed by atoms with Crippen LogP contribution in [-0.4, -0.2) is 0 Å². The van der Waals surface area contributed by atoms with Gasteiger partial charge >= 0.3 is 0 Å². The third-order valence-corrected chi connectivity index (χ3v) is 7.41. The van der Waals surface area contributed by atoms with Crippen LogP contribution in [0.3, 0.4) is 0 Å². The second-order valence-corrected chi connectivity index (χ2v) is 8.99. The number of fused-ring (bicyclic) bond motifs is 10. The van der Waals surface area contributed by atoms with Gasteiger partial charge in [0.2, 0.25) is 0 Å². The van der Waals surface area contributed by atoms with E-state index >= 15 is 0 Å². The first-order valence-electron chi connectivity index (χ1n) is 11.3. The molecule has 0 fully saturated rings. The summed E-state index contributed by atoms with van der Waals surface area (Å²) >= 11 is 0. The minimum atomic E-state index is 1.29. The van der Waals surface area contributed by atoms with Gasteiger partial charge in [-0.25, -0.2) is 0 Å². The lowest BCUT2D eigenvalue weighted by Gasteiger charge is -2.17. The fourth-order valence-electron chi connectivity index (χ4n) is 5.82. The minimum absolute atomic E-state index is 1.29. The molecule has 7 rings (SSSR count). The van der Waals surface area contributed by atoms with Gasteiger partial charge in [0, 0.05) is 0 Å². The van der Waals surface area contributed by atoms with E-state index < -0.39 is 0 Å². The molecule has 0 N–H and O–H groups in total. The van der Waals surface area contributed by atoms with E-state index in [1.165, 1.54) is 75.8 Å². The lowest BCUT2D eigenvalue weighted by molar-refractivity contribution is 1.53. The topological polar surface area (TPSA) is 0 Å². The van der Waals surface area contributed by atoms with E-state index in [2.05, 4.69) is 111 Å². The smallest absolute Gasteiger partial charge is 0.00201 e. The Morgan fingerprint density at radius 1 is 0.344 bits per heavy atom. The molecular formula is C32H22. The van der Waals surface area contributed by atoms with Gasteiger partial charge in [-0.2, -0.15) is 0 Å². The van der Waals surface area contributed by atoms with Gasteiger partial charge in [0.05, 0.1) is 0 Å². The van der Waals surface area contributed by atoms with Crippen LogP contribution in [0.2, 0.25) is 0 Å². The highest BCUT2D eigenvalue weighted by Gasteiger charge is 2.15. The molecule has 0 spiro atoms. The molecule has 150 valence electrons. The van der Waals surface area contributed by atoms with Crippen molar-refractivity contribution in [3.8, 4) is 0 Å². The fraction of sp³-hybridized carbons (Fsp3) is 0.0625. The number of benzene rings is 7. The predicted molar refractivity (Wildman–Crippen MR) is 141 cm³/mol. The van der Waals surface area contributed by atoms with Crippen LogP contribution in [0.4, 0.5) is 0 Å². The molecule has 0 unspecified atom stereocenters. The van der Waals surface area contributed by atoms with Gasteiger partial charge in [0.25, 0.3) is 0 Å². The Hall–Kier alpha value is -3.90. The molecule has 0 saturated heterocycles. The van der Waals surface area contributed by atoms with Gasteiger partial charge in [-0.05, 0) is 102 Å². The molecule has 0 atom stereocenters. The van der Waals surface area contributed by atoms with Crippen LogP contribution in [0.25, 0.3) is 64.6 Å². The van der Waals surface area contributed by atoms with Crippen molar-refractivity contribution in [3.63, 3.8) is 0 Å². The molecular weight excluding hydrogens is 384 g/mol. The van der Waals surface area contributed by atoms with Gasteiger partial charge in [0.15, 0.2) is 0 Å². The Bertz CT molecular complexity index is 1880. The van der Waals surface area contributed by atoms with Crippen LogP contribution in [-0.2, 0) is 0 Å². The van der Waals surface area contributed by atoms with Gasteiger partial charge in [-0.15, -0.1) is 0 Å². The lowest BCUT2D eigenvalue weighted by Crippen LogP contribution is -1.91. The fourth-order valence-corrected chi connectivity index (χ4v) is 5.82. The molecule has 0 radical (unpaired) electrons. The zero-order valence-corrected chi connectivity index (χ0v) is 18.2. The molecule has 0 aromatic heterocycles. The molecule has 0 saturated carbocycles. The molecule has 0 aliphatic rings. The summed E-state index contributed by atoms with van der Waals surface area (Å²) in [6, 6.07) is 36.0. The predicted octanol–water partition coefficient (Wildman–Crippen LogP) is 9.22. The standard InChI is InChI=1S/C32H22/c1-19-22-10-5-6-11-23(22)20(2)29-18-31-30(17-28(19)29)26-14-8-7-13-25(26)27-16-15-21-9-3-4-12-24(21)32(27)31/h3-18H,1-2H3. The first kappa shape index (κ1) is 17.7. The van der Waals surface area contributed by atoms with Crippen molar-refractivity contribution in [2.45, 2.75) is 13.8 Å². The Labute approximate surface area is 186 Å². The number of aryl methyl sites for hydroxylation is 2. The molecule has 0 bridgehead atoms. The van der Waals surface area contributed by atoms with Crippen LogP contribution < -0.4 is 0 Å².